The molecule has 58 heteroatoms. The Bertz CT molecular complexity index is 6060. The van der Waals surface area contributed by atoms with Gasteiger partial charge in [0.15, 0.2) is 10.9 Å². The Morgan fingerprint density at radius 3 is 0.952 bits per heavy atom. The Balaban J connectivity index is 0.000000158. The van der Waals surface area contributed by atoms with Crippen molar-refractivity contribution in [2.24, 2.45) is 0 Å². The van der Waals surface area contributed by atoms with Crippen molar-refractivity contribution in [2.45, 2.75) is 58.5 Å². The van der Waals surface area contributed by atoms with E-state index in [0.717, 1.165) is 67.4 Å². The van der Waals surface area contributed by atoms with Gasteiger partial charge in [-0.2, -0.15) is 0 Å². The van der Waals surface area contributed by atoms with Crippen LogP contribution in [0.5, 0.6) is 0 Å². The number of fused-ring (bicyclic) bond motifs is 8. The summed E-state index contributed by atoms with van der Waals surface area (Å²) in [6.07, 6.45) is 0. The van der Waals surface area contributed by atoms with Gasteiger partial charge in [-0.1, -0.05) is 119 Å². The molecule has 23 unspecified atom stereocenters. The van der Waals surface area contributed by atoms with Crippen molar-refractivity contribution in [1.29, 1.82) is 0 Å². The van der Waals surface area contributed by atoms with Crippen LogP contribution in [0.1, 0.15) is 27.7 Å². The first-order valence-electron chi connectivity index (χ1n) is 36.5. The Morgan fingerprint density at radius 2 is 0.587 bits per heavy atom. The zero-order chi connectivity index (χ0) is 91.8. The molecule has 1 saturated heterocycles. The fourth-order valence-corrected chi connectivity index (χ4v) is 605. The second-order valence-corrected chi connectivity index (χ2v) is 206. The van der Waals surface area contributed by atoms with Crippen LogP contribution >= 0.6 is 375 Å². The molecule has 0 bridgehead atoms. The summed E-state index contributed by atoms with van der Waals surface area (Å²) < 4.78 is 70.6. The summed E-state index contributed by atoms with van der Waals surface area (Å²) in [4.78, 5) is 30.6. The normalized spacial score (nSPS) is 15.5. The van der Waals surface area contributed by atoms with E-state index < -0.39 is 38.0 Å². The predicted molar refractivity (Wildman–Crippen MR) is 699 cm³/mol. The van der Waals surface area contributed by atoms with Gasteiger partial charge in [-0.15, -0.1) is 219 Å². The Labute approximate surface area is 832 Å². The third-order valence-corrected chi connectivity index (χ3v) is 310. The summed E-state index contributed by atoms with van der Waals surface area (Å²) in [5, 5.41) is 3.02. The van der Waals surface area contributed by atoms with Crippen LogP contribution in [0.2, 0.25) is 0 Å². The molecule has 126 heavy (non-hydrogen) atoms. The van der Waals surface area contributed by atoms with Crippen molar-refractivity contribution in [3.63, 3.8) is 0 Å². The molecule has 0 aliphatic carbocycles. The average Bonchev–Trinajstić information content (AvgIpc) is 0.763. The number of sulfone groups is 2. The van der Waals surface area contributed by atoms with E-state index in [-0.39, 0.29) is 160 Å². The second kappa shape index (κ2) is 51.5. The number of rotatable bonds is 23. The minimum atomic E-state index is -3.63. The average molecular weight is 2590 g/mol. The van der Waals surface area contributed by atoms with Gasteiger partial charge in [0, 0.05) is 56.2 Å². The predicted octanol–water partition coefficient (Wildman–Crippen LogP) is 40.9. The summed E-state index contributed by atoms with van der Waals surface area (Å²) in [5.74, 6) is 0. The van der Waals surface area contributed by atoms with Gasteiger partial charge >= 0.3 is 7.12 Å². The number of para-hydroxylation sites is 4. The van der Waals surface area contributed by atoms with Crippen LogP contribution in [-0.4, -0.2) is 35.2 Å². The minimum absolute atomic E-state index is 0.0337. The van der Waals surface area contributed by atoms with Crippen molar-refractivity contribution in [3.8, 4) is 11.1 Å². The topological polar surface area (TPSA) is 127 Å². The molecule has 10 nitrogen and oxygen atoms in total. The lowest BCUT2D eigenvalue weighted by molar-refractivity contribution is 0.00578. The largest absolute Gasteiger partial charge is 0.494 e. The molecule has 3 aliphatic rings. The number of hydrogen-bond acceptors (Lipinski definition) is 12. The number of halogens is 1. The highest BCUT2D eigenvalue weighted by Crippen LogP contribution is 3.44. The van der Waals surface area contributed by atoms with Gasteiger partial charge in [0.05, 0.1) is 53.5 Å². The summed E-state index contributed by atoms with van der Waals surface area (Å²) in [7, 11) is 67.3. The van der Waals surface area contributed by atoms with E-state index in [1.807, 2.05) is 219 Å². The Morgan fingerprint density at radius 1 is 0.302 bits per heavy atom. The van der Waals surface area contributed by atoms with Crippen LogP contribution in [0.3, 0.4) is 0 Å². The smallest absolute Gasteiger partial charge is 0.399 e. The fraction of sp³-hybridized carbons (Fsp3) is 0.0882. The molecule has 3 aliphatic heterocycles. The molecule has 10 aromatic carbocycles. The van der Waals surface area contributed by atoms with Crippen LogP contribution < -0.4 is 26.1 Å². The van der Waals surface area contributed by atoms with E-state index >= 15 is 0 Å². The van der Waals surface area contributed by atoms with Crippen molar-refractivity contribution >= 4 is 482 Å². The quantitative estimate of drug-likeness (QED) is 0.0347. The van der Waals surface area contributed by atoms with Gasteiger partial charge in [-0.3, -0.25) is 9.59 Å². The highest BCUT2D eigenvalue weighted by Gasteiger charge is 2.57. The second-order valence-electron chi connectivity index (χ2n) is 28.1. The standard InChI is InChI=1S/C31H19NO3S2.C24H24BNO4S.C13H7BrOS.H44P42/c33-31-23-10-1-4-13-27(23)36-28-17-16-21(19-24(28)31)20-8-7-9-22(18-20)32-25-11-2-5-14-29(25)37(34,35)30-15-6-3-12-26(30)32;1-23(2)24(3,4)30-25(29-23)17-10-9-11-18(16-17)26-19-12-5-7-14-21(19)31(27,28)22-15-8-6-13-20(22)26;14-8-5-6-12-10(7-8)13(15)9-3-1-2-4-11(9)16-12;1-23(2)34(24(3)4)39(33(21)22)42(40(35(25(5)6)26(7)8)36(27(9)10)28(11)12)41(37(29(13)14)30(15)16)38(31(17)18)32(19)20/h1-19H;5-16H,1-4H3;1-7H;1-22H2. The molecule has 668 valence electrons. The van der Waals surface area contributed by atoms with Gasteiger partial charge < -0.3 is 19.1 Å². The SMILES string of the molecule is CC1(C)OB(c2cccc(N3c4ccccc4S(=O)(=O)c4ccccc43)c2)OC1(C)C.O=c1c2ccccc2sc2ccc(-c3cccc(N4c5ccccc5S(=O)(=O)c5ccccc54)c3)cc12.O=c1c2ccccc2sc2ccc(Br)cc12.PP(P)P(P(P)P)P(P(P)P)P(P(P(P(P)P)P(P)P)P(P(P)P)P(P)P)P(P(P(P)P)P(P)P)P(P(P)P)P(P)P. The third-order valence-electron chi connectivity index (χ3n) is 19.3. The van der Waals surface area contributed by atoms with E-state index in [2.05, 4.69) is 212 Å². The molecule has 12 aromatic rings. The fourth-order valence-electron chi connectivity index (χ4n) is 13.3. The van der Waals surface area contributed by atoms with Gasteiger partial charge in [-0.25, -0.2) is 16.8 Å². The van der Waals surface area contributed by atoms with E-state index in [0.29, 0.717) is 37.9 Å². The van der Waals surface area contributed by atoms with Gasteiger partial charge in [0.25, 0.3) is 0 Å². The third kappa shape index (κ3) is 26.9. The molecule has 0 saturated carbocycles. The Hall–Kier alpha value is 10.0. The molecule has 0 radical (unpaired) electrons. The zero-order valence-electron chi connectivity index (χ0n) is 67.3. The van der Waals surface area contributed by atoms with E-state index in [9.17, 15) is 26.4 Å². The molecule has 2 aromatic heterocycles. The van der Waals surface area contributed by atoms with E-state index in [4.69, 9.17) is 9.31 Å². The maximum Gasteiger partial charge on any atom is 0.494 e. The Kier molecular flexibility index (Phi) is 46.9. The summed E-state index contributed by atoms with van der Waals surface area (Å²) >= 11 is 6.66. The van der Waals surface area contributed by atoms with Crippen molar-refractivity contribution in [3.05, 3.63) is 255 Å². The van der Waals surface area contributed by atoms with Crippen LogP contribution in [0.25, 0.3) is 51.5 Å². The van der Waals surface area contributed by atoms with Crippen LogP contribution in [-0.2, 0) is 29.0 Å². The summed E-state index contributed by atoms with van der Waals surface area (Å²) in [6, 6.07) is 71.6. The molecule has 0 amide bonds. The molecule has 0 N–H and O–H groups in total. The van der Waals surface area contributed by atoms with Crippen LogP contribution in [0.4, 0.5) is 34.1 Å². The first kappa shape index (κ1) is 115. The summed E-state index contributed by atoms with van der Waals surface area (Å²) in [5.41, 5.74) is 6.23. The monoisotopic (exact) mass is 2590 g/mol. The highest BCUT2D eigenvalue weighted by atomic mass is 79.9. The molecule has 23 atom stereocenters. The molecule has 0 spiro atoms. The first-order valence-corrected chi connectivity index (χ1v) is 118. The molecule has 15 rings (SSSR count). The number of anilines is 6. The molecule has 1 fully saturated rings. The number of nitrogens with zero attached hydrogens (tertiary/aromatic N) is 2. The minimum Gasteiger partial charge on any atom is -0.399 e. The lowest BCUT2D eigenvalue weighted by Crippen LogP contribution is -2.41. The zero-order valence-corrected chi connectivity index (χ0v) is 115. The number of benzene rings is 10. The molecular weight excluding hydrogens is 2490 g/mol. The highest BCUT2D eigenvalue weighted by molar-refractivity contribution is 9.49. The van der Waals surface area contributed by atoms with Crippen LogP contribution in [0.15, 0.2) is 264 Å². The van der Waals surface area contributed by atoms with Gasteiger partial charge in [0.1, 0.15) is 0 Å². The van der Waals surface area contributed by atoms with Gasteiger partial charge in [-0.05, 0) is 311 Å². The maximum atomic E-state index is 13.4. The van der Waals surface area contributed by atoms with E-state index in [1.54, 1.807) is 71.2 Å². The lowest BCUT2D eigenvalue weighted by Gasteiger charge is -2.56. The lowest BCUT2D eigenvalue weighted by atomic mass is 9.79. The summed E-state index contributed by atoms with van der Waals surface area (Å²) in [6.45, 7) is 5.92. The van der Waals surface area contributed by atoms with Crippen LogP contribution in [0, 0.1) is 0 Å². The molecular formula is C68H94BBrN2O8P42S4. The number of hydrogen-bond donors (Lipinski definition) is 0. The first-order chi connectivity index (χ1) is 59.4. The maximum absolute atomic E-state index is 13.4. The van der Waals surface area contributed by atoms with Crippen molar-refractivity contribution < 1.29 is 26.1 Å². The van der Waals surface area contributed by atoms with E-state index in [1.165, 1.54) is 0 Å². The van der Waals surface area contributed by atoms with Crippen molar-refractivity contribution in [1.82, 2.24) is 0 Å². The van der Waals surface area contributed by atoms with Gasteiger partial charge in [0.2, 0.25) is 19.7 Å². The van der Waals surface area contributed by atoms with Crippen molar-refractivity contribution in [2.75, 3.05) is 9.80 Å². The molecule has 5 heterocycles.